The zero-order valence-corrected chi connectivity index (χ0v) is 9.99. The van der Waals surface area contributed by atoms with Crippen LogP contribution in [-0.4, -0.2) is 11.9 Å². The molecule has 1 unspecified atom stereocenters. The fraction of sp³-hybridized carbons (Fsp3) is 0.462. The molecule has 0 saturated carbocycles. The molecule has 0 aliphatic carbocycles. The maximum Gasteiger partial charge on any atom is 0.237 e. The third kappa shape index (κ3) is 4.03. The summed E-state index contributed by atoms with van der Waals surface area (Å²) in [4.78, 5) is 11.5. The average Bonchev–Trinajstić information content (AvgIpc) is 2.28. The minimum absolute atomic E-state index is 0.0672. The van der Waals surface area contributed by atoms with Crippen LogP contribution in [0.25, 0.3) is 0 Å². The Kier molecular flexibility index (Phi) is 4.99. The van der Waals surface area contributed by atoms with Crippen LogP contribution in [0.15, 0.2) is 24.3 Å². The summed E-state index contributed by atoms with van der Waals surface area (Å²) in [5.74, 6) is -0.0672. The van der Waals surface area contributed by atoms with Gasteiger partial charge in [-0.25, -0.2) is 0 Å². The fourth-order valence-electron chi connectivity index (χ4n) is 1.47. The lowest BCUT2D eigenvalue weighted by molar-refractivity contribution is -0.122. The highest BCUT2D eigenvalue weighted by molar-refractivity contribution is 5.81. The predicted molar refractivity (Wildman–Crippen MR) is 65.9 cm³/mol. The van der Waals surface area contributed by atoms with Gasteiger partial charge in [-0.3, -0.25) is 4.79 Å². The molecule has 0 heterocycles. The summed E-state index contributed by atoms with van der Waals surface area (Å²) in [5.41, 5.74) is 8.02. The third-order valence-corrected chi connectivity index (χ3v) is 2.52. The van der Waals surface area contributed by atoms with Gasteiger partial charge in [-0.1, -0.05) is 43.2 Å². The number of nitrogens with one attached hydrogen (secondary N) is 1. The second-order valence-corrected chi connectivity index (χ2v) is 4.10. The summed E-state index contributed by atoms with van der Waals surface area (Å²) in [6.07, 6.45) is 1.67. The second kappa shape index (κ2) is 6.28. The summed E-state index contributed by atoms with van der Waals surface area (Å²) in [6.45, 7) is 4.61. The Morgan fingerprint density at radius 1 is 1.38 bits per heavy atom. The molecule has 1 aromatic rings. The quantitative estimate of drug-likeness (QED) is 0.794. The van der Waals surface area contributed by atoms with Gasteiger partial charge in [-0.2, -0.15) is 0 Å². The van der Waals surface area contributed by atoms with Crippen LogP contribution < -0.4 is 11.1 Å². The zero-order valence-electron chi connectivity index (χ0n) is 9.99. The standard InChI is InChI=1S/C13H20N2O/c1-3-4-12(14)13(16)15-9-11-7-5-10(2)6-8-11/h5-8,12H,3-4,9,14H2,1-2H3,(H,15,16). The first-order valence-electron chi connectivity index (χ1n) is 5.72. The van der Waals surface area contributed by atoms with Crippen molar-refractivity contribution in [3.05, 3.63) is 35.4 Å². The third-order valence-electron chi connectivity index (χ3n) is 2.52. The van der Waals surface area contributed by atoms with Gasteiger partial charge in [0.1, 0.15) is 0 Å². The van der Waals surface area contributed by atoms with Crippen LogP contribution in [0, 0.1) is 6.92 Å². The lowest BCUT2D eigenvalue weighted by Crippen LogP contribution is -2.40. The van der Waals surface area contributed by atoms with E-state index in [0.717, 1.165) is 18.4 Å². The number of hydrogen-bond acceptors (Lipinski definition) is 2. The molecule has 0 aliphatic heterocycles. The molecule has 3 N–H and O–H groups in total. The first-order chi connectivity index (χ1) is 7.63. The molecule has 0 spiro atoms. The SMILES string of the molecule is CCCC(N)C(=O)NCc1ccc(C)cc1. The van der Waals surface area contributed by atoms with Gasteiger partial charge in [-0.05, 0) is 18.9 Å². The molecule has 16 heavy (non-hydrogen) atoms. The number of amides is 1. The molecule has 0 aromatic heterocycles. The molecule has 0 fully saturated rings. The van der Waals surface area contributed by atoms with Crippen LogP contribution in [0.3, 0.4) is 0 Å². The first kappa shape index (κ1) is 12.7. The van der Waals surface area contributed by atoms with Gasteiger partial charge in [0, 0.05) is 6.54 Å². The fourth-order valence-corrected chi connectivity index (χ4v) is 1.47. The smallest absolute Gasteiger partial charge is 0.237 e. The van der Waals surface area contributed by atoms with Gasteiger partial charge in [0.2, 0.25) is 5.91 Å². The number of carbonyl (C=O) groups excluding carboxylic acids is 1. The van der Waals surface area contributed by atoms with Gasteiger partial charge in [0.15, 0.2) is 0 Å². The molecule has 1 atom stereocenters. The van der Waals surface area contributed by atoms with Crippen molar-refractivity contribution in [2.45, 2.75) is 39.3 Å². The highest BCUT2D eigenvalue weighted by atomic mass is 16.2. The normalized spacial score (nSPS) is 12.2. The van der Waals surface area contributed by atoms with Crippen LogP contribution in [0.5, 0.6) is 0 Å². The average molecular weight is 220 g/mol. The summed E-state index contributed by atoms with van der Waals surface area (Å²) in [5, 5.41) is 2.84. The van der Waals surface area contributed by atoms with Crippen molar-refractivity contribution in [2.24, 2.45) is 5.73 Å². The Morgan fingerprint density at radius 3 is 2.56 bits per heavy atom. The van der Waals surface area contributed by atoms with Crippen molar-refractivity contribution in [2.75, 3.05) is 0 Å². The van der Waals surface area contributed by atoms with E-state index in [0.29, 0.717) is 6.54 Å². The van der Waals surface area contributed by atoms with Gasteiger partial charge in [0.05, 0.1) is 6.04 Å². The van der Waals surface area contributed by atoms with Crippen LogP contribution in [-0.2, 0) is 11.3 Å². The van der Waals surface area contributed by atoms with Crippen LogP contribution in [0.4, 0.5) is 0 Å². The van der Waals surface area contributed by atoms with Crippen LogP contribution in [0.1, 0.15) is 30.9 Å². The van der Waals surface area contributed by atoms with Crippen molar-refractivity contribution in [3.63, 3.8) is 0 Å². The summed E-state index contributed by atoms with van der Waals surface area (Å²) in [6, 6.07) is 7.72. The zero-order chi connectivity index (χ0) is 12.0. The maximum absolute atomic E-state index is 11.5. The first-order valence-corrected chi connectivity index (χ1v) is 5.72. The van der Waals surface area contributed by atoms with E-state index in [9.17, 15) is 4.79 Å². The van der Waals surface area contributed by atoms with Crippen molar-refractivity contribution >= 4 is 5.91 Å². The molecular weight excluding hydrogens is 200 g/mol. The minimum Gasteiger partial charge on any atom is -0.351 e. The minimum atomic E-state index is -0.379. The number of carbonyl (C=O) groups is 1. The molecule has 0 aliphatic rings. The molecule has 1 aromatic carbocycles. The molecule has 0 bridgehead atoms. The Bertz CT molecular complexity index is 332. The van der Waals surface area contributed by atoms with E-state index in [2.05, 4.69) is 5.32 Å². The number of nitrogens with two attached hydrogens (primary N) is 1. The number of benzene rings is 1. The molecule has 88 valence electrons. The lowest BCUT2D eigenvalue weighted by Gasteiger charge is -2.11. The molecule has 0 saturated heterocycles. The summed E-state index contributed by atoms with van der Waals surface area (Å²) >= 11 is 0. The summed E-state index contributed by atoms with van der Waals surface area (Å²) in [7, 11) is 0. The molecule has 0 radical (unpaired) electrons. The van der Waals surface area contributed by atoms with E-state index in [1.165, 1.54) is 5.56 Å². The van der Waals surface area contributed by atoms with Gasteiger partial charge < -0.3 is 11.1 Å². The lowest BCUT2D eigenvalue weighted by atomic mass is 10.1. The Labute approximate surface area is 97.0 Å². The van der Waals surface area contributed by atoms with E-state index in [4.69, 9.17) is 5.73 Å². The van der Waals surface area contributed by atoms with Gasteiger partial charge in [-0.15, -0.1) is 0 Å². The van der Waals surface area contributed by atoms with Crippen molar-refractivity contribution in [3.8, 4) is 0 Å². The molecule has 3 heteroatoms. The summed E-state index contributed by atoms with van der Waals surface area (Å²) < 4.78 is 0. The molecular formula is C13H20N2O. The number of aryl methyl sites for hydroxylation is 1. The highest BCUT2D eigenvalue weighted by Crippen LogP contribution is 2.02. The van der Waals surface area contributed by atoms with Crippen LogP contribution in [0.2, 0.25) is 0 Å². The number of hydrogen-bond donors (Lipinski definition) is 2. The molecule has 1 amide bonds. The van der Waals surface area contributed by atoms with Crippen LogP contribution >= 0.6 is 0 Å². The molecule has 1 rings (SSSR count). The maximum atomic E-state index is 11.5. The topological polar surface area (TPSA) is 55.1 Å². The van der Waals surface area contributed by atoms with E-state index in [1.54, 1.807) is 0 Å². The van der Waals surface area contributed by atoms with Gasteiger partial charge >= 0.3 is 0 Å². The number of rotatable bonds is 5. The van der Waals surface area contributed by atoms with Crippen molar-refractivity contribution in [1.82, 2.24) is 5.32 Å². The van der Waals surface area contributed by atoms with Crippen molar-refractivity contribution in [1.29, 1.82) is 0 Å². The van der Waals surface area contributed by atoms with Gasteiger partial charge in [0.25, 0.3) is 0 Å². The predicted octanol–water partition coefficient (Wildman–Crippen LogP) is 1.74. The largest absolute Gasteiger partial charge is 0.351 e. The van der Waals surface area contributed by atoms with E-state index in [-0.39, 0.29) is 11.9 Å². The van der Waals surface area contributed by atoms with E-state index < -0.39 is 0 Å². The highest BCUT2D eigenvalue weighted by Gasteiger charge is 2.10. The van der Waals surface area contributed by atoms with E-state index >= 15 is 0 Å². The Hall–Kier alpha value is -1.35. The Morgan fingerprint density at radius 2 is 2.00 bits per heavy atom. The second-order valence-electron chi connectivity index (χ2n) is 4.10. The van der Waals surface area contributed by atoms with Crippen molar-refractivity contribution < 1.29 is 4.79 Å². The monoisotopic (exact) mass is 220 g/mol. The van der Waals surface area contributed by atoms with E-state index in [1.807, 2.05) is 38.1 Å². The Balaban J connectivity index is 2.39. The molecule has 3 nitrogen and oxygen atoms in total.